The van der Waals surface area contributed by atoms with E-state index in [1.165, 1.54) is 10.9 Å². The van der Waals surface area contributed by atoms with Crippen molar-refractivity contribution in [2.24, 2.45) is 0 Å². The van der Waals surface area contributed by atoms with E-state index >= 15 is 0 Å². The highest BCUT2D eigenvalue weighted by Crippen LogP contribution is 2.50. The van der Waals surface area contributed by atoms with Gasteiger partial charge in [-0.25, -0.2) is 0 Å². The van der Waals surface area contributed by atoms with E-state index in [4.69, 9.17) is 9.47 Å². The average molecular weight is 1070 g/mol. The van der Waals surface area contributed by atoms with Crippen LogP contribution in [0.15, 0.2) is 303 Å². The Morgan fingerprint density at radius 3 is 0.905 bits per heavy atom. The van der Waals surface area contributed by atoms with Crippen molar-refractivity contribution in [1.29, 1.82) is 0 Å². The summed E-state index contributed by atoms with van der Waals surface area (Å²) >= 11 is 0. The number of hydrogen-bond acceptors (Lipinski definition) is 4. The Bertz CT molecular complexity index is 4430. The Morgan fingerprint density at radius 1 is 0.202 bits per heavy atom. The van der Waals surface area contributed by atoms with E-state index in [2.05, 4.69) is 313 Å². The van der Waals surface area contributed by atoms with Crippen LogP contribution in [0, 0.1) is 0 Å². The number of nitrogens with zero attached hydrogens (tertiary/aromatic N) is 2. The molecule has 4 heterocycles. The first-order valence-corrected chi connectivity index (χ1v) is 28.9. The van der Waals surface area contributed by atoms with E-state index in [1.54, 1.807) is 0 Å². The summed E-state index contributed by atoms with van der Waals surface area (Å²) < 4.78 is 15.0. The third-order valence-corrected chi connectivity index (χ3v) is 17.6. The second kappa shape index (κ2) is 19.4. The van der Waals surface area contributed by atoms with Crippen LogP contribution in [0.4, 0.5) is 34.1 Å². The first-order valence-electron chi connectivity index (χ1n) is 28.9. The van der Waals surface area contributed by atoms with Crippen LogP contribution in [-0.2, 0) is 0 Å². The van der Waals surface area contributed by atoms with Gasteiger partial charge in [0.2, 0.25) is 0 Å². The Kier molecular flexibility index (Phi) is 11.1. The van der Waals surface area contributed by atoms with Crippen molar-refractivity contribution in [3.63, 3.8) is 0 Å². The van der Waals surface area contributed by atoms with Gasteiger partial charge >= 0.3 is 0 Å². The Morgan fingerprint density at radius 2 is 0.524 bits per heavy atom. The minimum atomic E-state index is -0.201. The molecule has 13 aromatic rings. The molecule has 0 saturated heterocycles. The molecular weight excluding hydrogens is 1020 g/mol. The summed E-state index contributed by atoms with van der Waals surface area (Å²) in [6, 6.07) is 110. The predicted octanol–water partition coefficient (Wildman–Crippen LogP) is 16.5. The summed E-state index contributed by atoms with van der Waals surface area (Å²) in [5, 5.41) is 0. The van der Waals surface area contributed by atoms with Crippen LogP contribution in [0.5, 0.6) is 23.0 Å². The lowest BCUT2D eigenvalue weighted by molar-refractivity contribution is 0.466. The molecule has 390 valence electrons. The molecule has 0 saturated carbocycles. The third-order valence-electron chi connectivity index (χ3n) is 17.6. The van der Waals surface area contributed by atoms with E-state index in [9.17, 15) is 0 Å². The number of para-hydroxylation sites is 2. The highest BCUT2D eigenvalue weighted by Gasteiger charge is 2.47. The smallest absolute Gasteiger partial charge is 0.256 e. The topological polar surface area (TPSA) is 24.9 Å². The van der Waals surface area contributed by atoms with E-state index < -0.39 is 0 Å². The minimum Gasteiger partial charge on any atom is -0.458 e. The molecular formula is C78H50B2N2O2. The van der Waals surface area contributed by atoms with Crippen LogP contribution in [0.1, 0.15) is 0 Å². The van der Waals surface area contributed by atoms with Crippen LogP contribution >= 0.6 is 0 Å². The molecule has 4 nitrogen and oxygen atoms in total. The van der Waals surface area contributed by atoms with Crippen molar-refractivity contribution in [2.75, 3.05) is 9.80 Å². The number of rotatable bonds is 8. The van der Waals surface area contributed by atoms with E-state index in [1.807, 2.05) is 0 Å². The maximum Gasteiger partial charge on any atom is 0.256 e. The van der Waals surface area contributed by atoms with E-state index in [0.717, 1.165) is 146 Å². The molecule has 17 rings (SSSR count). The lowest BCUT2D eigenvalue weighted by Gasteiger charge is -2.43. The third kappa shape index (κ3) is 7.72. The van der Waals surface area contributed by atoms with E-state index in [0.29, 0.717) is 0 Å². The lowest BCUT2D eigenvalue weighted by Crippen LogP contribution is -2.63. The SMILES string of the molecule is c1ccc(-c2ccc3c(c2)N(c2ccccc2-c2ccccc2)c2cc(-c4ccccc4)cc4c2B3c2cc3c(cc2O4)Oc2cc(-c4ccccc4)cc4c2B3c2ccc(-c3ccccc3)cc2N4c2ccccc2-c2ccccc2)cc1. The minimum absolute atomic E-state index is 0.201. The van der Waals surface area contributed by atoms with Gasteiger partial charge in [-0.15, -0.1) is 0 Å². The molecule has 0 aliphatic carbocycles. The standard InChI is InChI=1S/C78H50B2N2O2/c1-7-23-51(24-8-1)57-39-41-63-69(43-57)81(67-37-21-19-35-61(67)55-31-15-5-16-32-55)71-45-59(53-27-11-3-12-28-53)47-75-77(71)79(63)65-49-66-74(50-73(65)83-75)84-76-48-60(54-29-13-4-14-30-54)46-72-78(76)80(66)64-42-40-58(52-25-9-2-10-26-52)44-70(64)82(72)68-38-22-20-36-62(68)56-33-17-6-18-34-56/h1-50H. The van der Waals surface area contributed by atoms with Gasteiger partial charge in [0.05, 0.1) is 11.4 Å². The summed E-state index contributed by atoms with van der Waals surface area (Å²) in [6.07, 6.45) is 0. The zero-order valence-corrected chi connectivity index (χ0v) is 45.7. The molecule has 0 aromatic heterocycles. The maximum absolute atomic E-state index is 7.50. The molecule has 0 N–H and O–H groups in total. The zero-order chi connectivity index (χ0) is 55.2. The fourth-order valence-electron chi connectivity index (χ4n) is 13.8. The molecule has 0 unspecified atom stereocenters. The summed E-state index contributed by atoms with van der Waals surface area (Å²) in [5.41, 5.74) is 27.1. The number of hydrogen-bond donors (Lipinski definition) is 0. The molecule has 84 heavy (non-hydrogen) atoms. The maximum atomic E-state index is 7.50. The summed E-state index contributed by atoms with van der Waals surface area (Å²) in [5.74, 6) is 3.24. The normalized spacial score (nSPS) is 12.9. The van der Waals surface area contributed by atoms with Crippen molar-refractivity contribution in [1.82, 2.24) is 0 Å². The first-order chi connectivity index (χ1) is 41.7. The number of anilines is 6. The molecule has 6 heteroatoms. The van der Waals surface area contributed by atoms with Crippen LogP contribution in [0.2, 0.25) is 0 Å². The van der Waals surface area contributed by atoms with Crippen molar-refractivity contribution < 1.29 is 9.47 Å². The fraction of sp³-hybridized carbons (Fsp3) is 0. The van der Waals surface area contributed by atoms with Gasteiger partial charge in [0.25, 0.3) is 13.4 Å². The molecule has 13 aromatic carbocycles. The average Bonchev–Trinajstić information content (AvgIpc) is 1.40. The van der Waals surface area contributed by atoms with Crippen molar-refractivity contribution in [3.8, 4) is 89.8 Å². The Hall–Kier alpha value is -10.8. The fourth-order valence-corrected chi connectivity index (χ4v) is 13.8. The number of benzene rings is 13. The van der Waals surface area contributed by atoms with Gasteiger partial charge in [0.1, 0.15) is 23.0 Å². The Labute approximate surface area is 489 Å². The molecule has 0 fully saturated rings. The molecule has 0 spiro atoms. The summed E-state index contributed by atoms with van der Waals surface area (Å²) in [6.45, 7) is -0.402. The zero-order valence-electron chi connectivity index (χ0n) is 45.7. The highest BCUT2D eigenvalue weighted by atomic mass is 16.5. The molecule has 0 amide bonds. The lowest BCUT2D eigenvalue weighted by atomic mass is 9.31. The van der Waals surface area contributed by atoms with Crippen molar-refractivity contribution in [3.05, 3.63) is 303 Å². The van der Waals surface area contributed by atoms with Gasteiger partial charge < -0.3 is 19.3 Å². The van der Waals surface area contributed by atoms with Crippen LogP contribution < -0.4 is 52.1 Å². The van der Waals surface area contributed by atoms with Crippen molar-refractivity contribution >= 4 is 80.3 Å². The van der Waals surface area contributed by atoms with Crippen LogP contribution in [0.25, 0.3) is 66.8 Å². The van der Waals surface area contributed by atoms with Crippen molar-refractivity contribution in [2.45, 2.75) is 0 Å². The molecule has 4 aliphatic rings. The molecule has 0 radical (unpaired) electrons. The molecule has 4 aliphatic heterocycles. The summed E-state index contributed by atoms with van der Waals surface area (Å²) in [7, 11) is 0. The number of fused-ring (bicyclic) bond motifs is 8. The van der Waals surface area contributed by atoms with Gasteiger partial charge in [0.15, 0.2) is 0 Å². The number of ether oxygens (including phenoxy) is 2. The second-order valence-corrected chi connectivity index (χ2v) is 22.3. The van der Waals surface area contributed by atoms with Gasteiger partial charge in [-0.1, -0.05) is 249 Å². The largest absolute Gasteiger partial charge is 0.458 e. The van der Waals surface area contributed by atoms with Gasteiger partial charge in [0, 0.05) is 39.9 Å². The second-order valence-electron chi connectivity index (χ2n) is 22.3. The van der Waals surface area contributed by atoms with Gasteiger partial charge in [-0.3, -0.25) is 0 Å². The first kappa shape index (κ1) is 47.9. The molecule has 0 bridgehead atoms. The van der Waals surface area contributed by atoms with Gasteiger partial charge in [-0.05, 0) is 137 Å². The van der Waals surface area contributed by atoms with Gasteiger partial charge in [-0.2, -0.15) is 0 Å². The highest BCUT2D eigenvalue weighted by molar-refractivity contribution is 7.02. The Balaban J connectivity index is 0.929. The van der Waals surface area contributed by atoms with Crippen LogP contribution in [0.3, 0.4) is 0 Å². The summed E-state index contributed by atoms with van der Waals surface area (Å²) in [4.78, 5) is 5.02. The van der Waals surface area contributed by atoms with E-state index in [-0.39, 0.29) is 13.4 Å². The monoisotopic (exact) mass is 1070 g/mol. The molecule has 0 atom stereocenters. The predicted molar refractivity (Wildman–Crippen MR) is 351 cm³/mol. The van der Waals surface area contributed by atoms with Crippen LogP contribution in [-0.4, -0.2) is 13.4 Å². The quantitative estimate of drug-likeness (QED) is 0.142.